The maximum absolute atomic E-state index is 11.0. The number of phenolic OH excluding ortho intramolecular Hbond substituents is 2. The van der Waals surface area contributed by atoms with E-state index < -0.39 is 0 Å². The standard InChI is InChI=1S/C21H24O2S/c1-24-18-12-14-7-3-5-9-16(14)20(21(18)23)19-15-8-4-2-6-13(15)10-11-17(19)22/h10-12,22-23H,2-9H2,1H3. The Morgan fingerprint density at radius 3 is 2.12 bits per heavy atom. The summed E-state index contributed by atoms with van der Waals surface area (Å²) in [6.45, 7) is 0. The van der Waals surface area contributed by atoms with Crippen molar-refractivity contribution in [2.24, 2.45) is 0 Å². The summed E-state index contributed by atoms with van der Waals surface area (Å²) in [5, 5.41) is 21.7. The summed E-state index contributed by atoms with van der Waals surface area (Å²) in [5.74, 6) is 0.675. The molecule has 0 saturated heterocycles. The fraction of sp³-hybridized carbons (Fsp3) is 0.429. The third-order valence-corrected chi connectivity index (χ3v) is 6.32. The lowest BCUT2D eigenvalue weighted by atomic mass is 9.80. The highest BCUT2D eigenvalue weighted by Gasteiger charge is 2.26. The number of aromatic hydroxyl groups is 2. The summed E-state index contributed by atoms with van der Waals surface area (Å²) in [6, 6.07) is 6.04. The van der Waals surface area contributed by atoms with Gasteiger partial charge in [0.2, 0.25) is 0 Å². The topological polar surface area (TPSA) is 40.5 Å². The molecular weight excluding hydrogens is 316 g/mol. The number of benzene rings is 2. The smallest absolute Gasteiger partial charge is 0.137 e. The van der Waals surface area contributed by atoms with Crippen molar-refractivity contribution >= 4 is 11.8 Å². The van der Waals surface area contributed by atoms with E-state index in [-0.39, 0.29) is 0 Å². The van der Waals surface area contributed by atoms with E-state index in [2.05, 4.69) is 12.1 Å². The van der Waals surface area contributed by atoms with E-state index in [1.807, 2.05) is 12.3 Å². The minimum absolute atomic E-state index is 0.317. The van der Waals surface area contributed by atoms with Crippen LogP contribution < -0.4 is 0 Å². The van der Waals surface area contributed by atoms with Crippen molar-refractivity contribution in [1.82, 2.24) is 0 Å². The molecule has 0 aliphatic heterocycles. The third-order valence-electron chi connectivity index (χ3n) is 5.57. The van der Waals surface area contributed by atoms with Gasteiger partial charge in [0.05, 0.1) is 0 Å². The van der Waals surface area contributed by atoms with E-state index in [9.17, 15) is 10.2 Å². The van der Waals surface area contributed by atoms with Crippen LogP contribution >= 0.6 is 11.8 Å². The van der Waals surface area contributed by atoms with E-state index >= 15 is 0 Å². The molecule has 0 aromatic heterocycles. The van der Waals surface area contributed by atoms with Gasteiger partial charge >= 0.3 is 0 Å². The van der Waals surface area contributed by atoms with Gasteiger partial charge in [0.1, 0.15) is 11.5 Å². The lowest BCUT2D eigenvalue weighted by molar-refractivity contribution is 0.457. The molecule has 3 heteroatoms. The molecule has 2 aromatic carbocycles. The van der Waals surface area contributed by atoms with Crippen LogP contribution in [0.5, 0.6) is 11.5 Å². The molecule has 0 fully saturated rings. The molecule has 2 N–H and O–H groups in total. The van der Waals surface area contributed by atoms with Gasteiger partial charge in [-0.2, -0.15) is 0 Å². The Kier molecular flexibility index (Phi) is 4.21. The molecule has 0 saturated carbocycles. The molecular formula is C21H24O2S. The quantitative estimate of drug-likeness (QED) is 0.734. The molecule has 2 nitrogen and oxygen atoms in total. The molecule has 4 rings (SSSR count). The van der Waals surface area contributed by atoms with Crippen molar-refractivity contribution < 1.29 is 10.2 Å². The number of phenols is 2. The number of aryl methyl sites for hydroxylation is 2. The van der Waals surface area contributed by atoms with Crippen LogP contribution in [-0.2, 0) is 25.7 Å². The van der Waals surface area contributed by atoms with Gasteiger partial charge in [0, 0.05) is 16.0 Å². The Bertz CT molecular complexity index is 795. The first kappa shape index (κ1) is 15.9. The third kappa shape index (κ3) is 2.50. The van der Waals surface area contributed by atoms with Crippen molar-refractivity contribution in [1.29, 1.82) is 0 Å². The summed E-state index contributed by atoms with van der Waals surface area (Å²) in [6.07, 6.45) is 10.9. The maximum atomic E-state index is 11.0. The van der Waals surface area contributed by atoms with E-state index in [4.69, 9.17) is 0 Å². The zero-order chi connectivity index (χ0) is 16.7. The van der Waals surface area contributed by atoms with Gasteiger partial charge in [-0.1, -0.05) is 6.07 Å². The molecule has 2 aliphatic rings. The first-order valence-corrected chi connectivity index (χ1v) is 10.2. The van der Waals surface area contributed by atoms with Crippen LogP contribution in [0.3, 0.4) is 0 Å². The lowest BCUT2D eigenvalue weighted by Gasteiger charge is -2.26. The van der Waals surface area contributed by atoms with Gasteiger partial charge in [-0.3, -0.25) is 0 Å². The number of rotatable bonds is 2. The second-order valence-corrected chi connectivity index (χ2v) is 7.80. The number of hydrogen-bond donors (Lipinski definition) is 2. The zero-order valence-corrected chi connectivity index (χ0v) is 15.0. The van der Waals surface area contributed by atoms with Crippen molar-refractivity contribution in [3.8, 4) is 22.6 Å². The first-order valence-electron chi connectivity index (χ1n) is 8.96. The second kappa shape index (κ2) is 6.36. The minimum Gasteiger partial charge on any atom is -0.507 e. The maximum Gasteiger partial charge on any atom is 0.137 e. The highest BCUT2D eigenvalue weighted by molar-refractivity contribution is 7.98. The van der Waals surface area contributed by atoms with E-state index in [1.54, 1.807) is 11.8 Å². The van der Waals surface area contributed by atoms with Gasteiger partial charge < -0.3 is 10.2 Å². The van der Waals surface area contributed by atoms with Crippen LogP contribution in [0.2, 0.25) is 0 Å². The van der Waals surface area contributed by atoms with Crippen molar-refractivity contribution in [2.45, 2.75) is 56.3 Å². The predicted molar refractivity (Wildman–Crippen MR) is 100 cm³/mol. The fourth-order valence-electron chi connectivity index (χ4n) is 4.39. The molecule has 0 bridgehead atoms. The number of hydrogen-bond acceptors (Lipinski definition) is 3. The lowest BCUT2D eigenvalue weighted by Crippen LogP contribution is -2.09. The van der Waals surface area contributed by atoms with E-state index in [1.165, 1.54) is 35.1 Å². The zero-order valence-electron chi connectivity index (χ0n) is 14.2. The Balaban J connectivity index is 2.03. The van der Waals surface area contributed by atoms with Crippen molar-refractivity contribution in [2.75, 3.05) is 6.26 Å². The highest BCUT2D eigenvalue weighted by Crippen LogP contribution is 2.48. The average molecular weight is 340 g/mol. The predicted octanol–water partition coefficient (Wildman–Crippen LogP) is 5.24. The van der Waals surface area contributed by atoms with Crippen LogP contribution in [0.4, 0.5) is 0 Å². The fourth-order valence-corrected chi connectivity index (χ4v) is 4.94. The Morgan fingerprint density at radius 1 is 0.792 bits per heavy atom. The monoisotopic (exact) mass is 340 g/mol. The van der Waals surface area contributed by atoms with Crippen molar-refractivity contribution in [3.05, 3.63) is 40.5 Å². The molecule has 0 atom stereocenters. The van der Waals surface area contributed by atoms with Crippen molar-refractivity contribution in [3.63, 3.8) is 0 Å². The molecule has 0 amide bonds. The summed E-state index contributed by atoms with van der Waals surface area (Å²) in [7, 11) is 0. The van der Waals surface area contributed by atoms with Gasteiger partial charge in [0.25, 0.3) is 0 Å². The molecule has 0 heterocycles. The summed E-state index contributed by atoms with van der Waals surface area (Å²) >= 11 is 1.59. The largest absolute Gasteiger partial charge is 0.507 e. The van der Waals surface area contributed by atoms with Gasteiger partial charge in [-0.25, -0.2) is 0 Å². The average Bonchev–Trinajstić information content (AvgIpc) is 2.62. The molecule has 0 unspecified atom stereocenters. The van der Waals surface area contributed by atoms with Crippen LogP contribution in [0.1, 0.15) is 47.9 Å². The summed E-state index contributed by atoms with van der Waals surface area (Å²) in [4.78, 5) is 0.929. The van der Waals surface area contributed by atoms with Gasteiger partial charge in [-0.15, -0.1) is 11.8 Å². The Morgan fingerprint density at radius 2 is 1.42 bits per heavy atom. The molecule has 2 aliphatic carbocycles. The molecule has 0 radical (unpaired) electrons. The van der Waals surface area contributed by atoms with Crippen LogP contribution in [0.25, 0.3) is 11.1 Å². The number of fused-ring (bicyclic) bond motifs is 2. The number of thioether (sulfide) groups is 1. The molecule has 24 heavy (non-hydrogen) atoms. The van der Waals surface area contributed by atoms with E-state index in [0.29, 0.717) is 11.5 Å². The first-order chi connectivity index (χ1) is 11.7. The summed E-state index contributed by atoms with van der Waals surface area (Å²) < 4.78 is 0. The van der Waals surface area contributed by atoms with Crippen LogP contribution in [-0.4, -0.2) is 16.5 Å². The SMILES string of the molecule is CSc1cc2c(c(-c3c(O)ccc4c3CCCC4)c1O)CCCC2. The molecule has 126 valence electrons. The normalized spacial score (nSPS) is 16.5. The van der Waals surface area contributed by atoms with Crippen LogP contribution in [0, 0.1) is 0 Å². The highest BCUT2D eigenvalue weighted by atomic mass is 32.2. The Hall–Kier alpha value is -1.61. The van der Waals surface area contributed by atoms with Gasteiger partial charge in [-0.05, 0) is 92.0 Å². The summed E-state index contributed by atoms with van der Waals surface area (Å²) in [5.41, 5.74) is 7.01. The second-order valence-electron chi connectivity index (χ2n) is 6.95. The van der Waals surface area contributed by atoms with E-state index in [0.717, 1.165) is 54.5 Å². The molecule has 2 aromatic rings. The molecule has 0 spiro atoms. The van der Waals surface area contributed by atoms with Gasteiger partial charge in [0.15, 0.2) is 0 Å². The van der Waals surface area contributed by atoms with Crippen LogP contribution in [0.15, 0.2) is 23.1 Å². The Labute approximate surface area is 147 Å². The minimum atomic E-state index is 0.317.